The monoisotopic (exact) mass is 396 g/mol. The molecule has 0 fully saturated rings. The number of carbonyl (C=O) groups excluding carboxylic acids is 1. The van der Waals surface area contributed by atoms with Gasteiger partial charge in [0.25, 0.3) is 5.69 Å². The summed E-state index contributed by atoms with van der Waals surface area (Å²) in [4.78, 5) is 26.6. The molecule has 1 aliphatic heterocycles. The summed E-state index contributed by atoms with van der Waals surface area (Å²) in [7, 11) is 1.54. The number of hydrogen-bond donors (Lipinski definition) is 0. The number of methoxy groups -OCH3 is 1. The Morgan fingerprint density at radius 2 is 1.90 bits per heavy atom. The molecule has 0 amide bonds. The number of carbonyl (C=O) groups is 1. The van der Waals surface area contributed by atoms with Crippen molar-refractivity contribution >= 4 is 23.6 Å². The summed E-state index contributed by atoms with van der Waals surface area (Å²) < 4.78 is 16.3. The van der Waals surface area contributed by atoms with Crippen molar-refractivity contribution < 1.29 is 23.9 Å². The third-order valence-corrected chi connectivity index (χ3v) is 4.01. The minimum Gasteiger partial charge on any atom is -0.493 e. The molecule has 150 valence electrons. The van der Waals surface area contributed by atoms with Crippen LogP contribution in [0.25, 0.3) is 6.08 Å². The van der Waals surface area contributed by atoms with Crippen molar-refractivity contribution in [2.45, 2.75) is 13.8 Å². The van der Waals surface area contributed by atoms with Gasteiger partial charge >= 0.3 is 5.97 Å². The molecule has 0 spiro atoms. The van der Waals surface area contributed by atoms with E-state index in [1.165, 1.54) is 24.3 Å². The molecule has 0 saturated heterocycles. The Morgan fingerprint density at radius 3 is 2.52 bits per heavy atom. The van der Waals surface area contributed by atoms with Crippen molar-refractivity contribution in [1.29, 1.82) is 0 Å². The number of rotatable bonds is 7. The van der Waals surface area contributed by atoms with E-state index in [4.69, 9.17) is 14.2 Å². The van der Waals surface area contributed by atoms with Crippen molar-refractivity contribution in [1.82, 2.24) is 0 Å². The van der Waals surface area contributed by atoms with Crippen molar-refractivity contribution in [2.75, 3.05) is 13.7 Å². The number of nitro benzene ring substituents is 1. The lowest BCUT2D eigenvalue weighted by Gasteiger charge is -2.12. The topological polar surface area (TPSA) is 100 Å². The lowest BCUT2D eigenvalue weighted by molar-refractivity contribution is -0.384. The van der Waals surface area contributed by atoms with Crippen LogP contribution in [0, 0.1) is 16.0 Å². The molecule has 0 saturated carbocycles. The molecule has 0 N–H and O–H groups in total. The third-order valence-electron chi connectivity index (χ3n) is 4.01. The number of nitrogens with zero attached hydrogens (tertiary/aromatic N) is 2. The van der Waals surface area contributed by atoms with Crippen LogP contribution in [0.4, 0.5) is 5.69 Å². The van der Waals surface area contributed by atoms with Gasteiger partial charge in [0.05, 0.1) is 18.6 Å². The number of non-ortho nitro benzene ring substituents is 1. The highest BCUT2D eigenvalue weighted by Gasteiger charge is 2.24. The van der Waals surface area contributed by atoms with E-state index >= 15 is 0 Å². The van der Waals surface area contributed by atoms with Crippen LogP contribution in [0.1, 0.15) is 25.0 Å². The molecule has 0 aromatic heterocycles. The molecule has 2 aromatic carbocycles. The van der Waals surface area contributed by atoms with Crippen LogP contribution in [0.2, 0.25) is 0 Å². The average molecular weight is 396 g/mol. The molecule has 0 atom stereocenters. The van der Waals surface area contributed by atoms with E-state index in [1.54, 1.807) is 31.4 Å². The maximum absolute atomic E-state index is 12.2. The molecule has 0 aliphatic carbocycles. The van der Waals surface area contributed by atoms with E-state index in [9.17, 15) is 14.9 Å². The smallest absolute Gasteiger partial charge is 0.363 e. The highest BCUT2D eigenvalue weighted by Crippen LogP contribution is 2.30. The van der Waals surface area contributed by atoms with Gasteiger partial charge in [-0.3, -0.25) is 10.1 Å². The second-order valence-corrected chi connectivity index (χ2v) is 6.76. The first-order chi connectivity index (χ1) is 13.9. The van der Waals surface area contributed by atoms with Gasteiger partial charge in [-0.2, -0.15) is 0 Å². The Bertz CT molecular complexity index is 993. The fraction of sp³-hybridized carbons (Fsp3) is 0.238. The van der Waals surface area contributed by atoms with Crippen LogP contribution in [0.3, 0.4) is 0 Å². The van der Waals surface area contributed by atoms with Gasteiger partial charge in [-0.05, 0) is 41.8 Å². The lowest BCUT2D eigenvalue weighted by Crippen LogP contribution is -2.06. The van der Waals surface area contributed by atoms with Gasteiger partial charge in [0.2, 0.25) is 5.90 Å². The fourth-order valence-electron chi connectivity index (χ4n) is 2.57. The van der Waals surface area contributed by atoms with Gasteiger partial charge in [0.15, 0.2) is 17.2 Å². The first-order valence-electron chi connectivity index (χ1n) is 8.95. The van der Waals surface area contributed by atoms with Crippen LogP contribution >= 0.6 is 0 Å². The van der Waals surface area contributed by atoms with E-state index in [-0.39, 0.29) is 17.3 Å². The minimum absolute atomic E-state index is 0.0543. The van der Waals surface area contributed by atoms with E-state index in [0.29, 0.717) is 35.2 Å². The van der Waals surface area contributed by atoms with Gasteiger partial charge in [-0.15, -0.1) is 0 Å². The Balaban J connectivity index is 1.84. The van der Waals surface area contributed by atoms with Crippen LogP contribution in [-0.2, 0) is 9.53 Å². The number of aliphatic imine (C=N–C) groups is 1. The number of esters is 1. The van der Waals surface area contributed by atoms with Crippen LogP contribution in [0.15, 0.2) is 53.2 Å². The van der Waals surface area contributed by atoms with Crippen molar-refractivity contribution in [3.63, 3.8) is 0 Å². The Morgan fingerprint density at radius 1 is 1.17 bits per heavy atom. The van der Waals surface area contributed by atoms with Gasteiger partial charge in [0, 0.05) is 17.7 Å². The second-order valence-electron chi connectivity index (χ2n) is 6.76. The molecule has 8 heteroatoms. The fourth-order valence-corrected chi connectivity index (χ4v) is 2.57. The van der Waals surface area contributed by atoms with E-state index < -0.39 is 10.9 Å². The molecule has 2 aromatic rings. The molecule has 1 aliphatic rings. The zero-order valence-corrected chi connectivity index (χ0v) is 16.2. The molecule has 3 rings (SSSR count). The summed E-state index contributed by atoms with van der Waals surface area (Å²) in [5.74, 6) is 1.04. The first-order valence-corrected chi connectivity index (χ1v) is 8.95. The number of ether oxygens (including phenoxy) is 3. The highest BCUT2D eigenvalue weighted by molar-refractivity contribution is 6.12. The molecule has 0 unspecified atom stereocenters. The summed E-state index contributed by atoms with van der Waals surface area (Å²) >= 11 is 0. The zero-order chi connectivity index (χ0) is 21.0. The van der Waals surface area contributed by atoms with Crippen LogP contribution in [0.5, 0.6) is 11.5 Å². The van der Waals surface area contributed by atoms with Gasteiger partial charge < -0.3 is 14.2 Å². The Hall–Kier alpha value is -3.68. The van der Waals surface area contributed by atoms with Gasteiger partial charge in [-0.25, -0.2) is 9.79 Å². The summed E-state index contributed by atoms with van der Waals surface area (Å²) in [5.41, 5.74) is 1.24. The summed E-state index contributed by atoms with van der Waals surface area (Å²) in [6.45, 7) is 4.67. The van der Waals surface area contributed by atoms with Crippen molar-refractivity contribution in [3.05, 3.63) is 69.4 Å². The summed E-state index contributed by atoms with van der Waals surface area (Å²) in [5, 5.41) is 10.8. The normalized spacial score (nSPS) is 14.7. The number of cyclic esters (lactones) is 1. The standard InChI is InChI=1S/C21H20N2O6/c1-13(2)12-28-18-9-4-14(11-19(18)27-3)10-17-21(24)29-20(22-17)15-5-7-16(8-6-15)23(25)26/h4-11,13H,12H2,1-3H3/b17-10-. The molecule has 29 heavy (non-hydrogen) atoms. The average Bonchev–Trinajstić information content (AvgIpc) is 3.07. The molecular weight excluding hydrogens is 376 g/mol. The Labute approximate surface area is 167 Å². The number of nitro groups is 1. The quantitative estimate of drug-likeness (QED) is 0.304. The van der Waals surface area contributed by atoms with E-state index in [2.05, 4.69) is 18.8 Å². The largest absolute Gasteiger partial charge is 0.493 e. The zero-order valence-electron chi connectivity index (χ0n) is 16.2. The molecule has 0 radical (unpaired) electrons. The summed E-state index contributed by atoms with van der Waals surface area (Å²) in [6.07, 6.45) is 1.58. The van der Waals surface area contributed by atoms with Gasteiger partial charge in [0.1, 0.15) is 0 Å². The van der Waals surface area contributed by atoms with Crippen molar-refractivity contribution in [3.8, 4) is 11.5 Å². The molecule has 8 nitrogen and oxygen atoms in total. The number of hydrogen-bond acceptors (Lipinski definition) is 7. The van der Waals surface area contributed by atoms with Crippen LogP contribution in [-0.4, -0.2) is 30.5 Å². The molecule has 1 heterocycles. The van der Waals surface area contributed by atoms with Gasteiger partial charge in [-0.1, -0.05) is 19.9 Å². The SMILES string of the molecule is COc1cc(/C=C2\N=C(c3ccc([N+](=O)[O-])cc3)OC2=O)ccc1OCC(C)C. The third kappa shape index (κ3) is 4.78. The number of benzene rings is 2. The lowest BCUT2D eigenvalue weighted by atomic mass is 10.1. The minimum atomic E-state index is -0.600. The predicted octanol–water partition coefficient (Wildman–Crippen LogP) is 3.98. The maximum atomic E-state index is 12.2. The predicted molar refractivity (Wildman–Crippen MR) is 107 cm³/mol. The Kier molecular flexibility index (Phi) is 5.92. The summed E-state index contributed by atoms with van der Waals surface area (Å²) in [6, 6.07) is 10.9. The van der Waals surface area contributed by atoms with E-state index in [0.717, 1.165) is 0 Å². The molecular formula is C21H20N2O6. The van der Waals surface area contributed by atoms with Crippen LogP contribution < -0.4 is 9.47 Å². The first kappa shape index (κ1) is 20.1. The molecule has 0 bridgehead atoms. The maximum Gasteiger partial charge on any atom is 0.363 e. The van der Waals surface area contributed by atoms with Crippen molar-refractivity contribution in [2.24, 2.45) is 10.9 Å². The second kappa shape index (κ2) is 8.55. The highest BCUT2D eigenvalue weighted by atomic mass is 16.6. The van der Waals surface area contributed by atoms with E-state index in [1.807, 2.05) is 0 Å².